The molecule has 1 aromatic heterocycles. The lowest BCUT2D eigenvalue weighted by atomic mass is 10.0. The summed E-state index contributed by atoms with van der Waals surface area (Å²) in [6, 6.07) is 10.1. The lowest BCUT2D eigenvalue weighted by molar-refractivity contribution is -0.119. The van der Waals surface area contributed by atoms with Gasteiger partial charge in [0.25, 0.3) is 0 Å². The second kappa shape index (κ2) is 6.26. The van der Waals surface area contributed by atoms with E-state index in [2.05, 4.69) is 16.9 Å². The number of carbonyl (C=O) groups is 1. The van der Waals surface area contributed by atoms with Crippen molar-refractivity contribution < 1.29 is 4.79 Å². The third-order valence-electron chi connectivity index (χ3n) is 4.04. The van der Waals surface area contributed by atoms with Crippen LogP contribution in [0, 0.1) is 6.92 Å². The van der Waals surface area contributed by atoms with Crippen LogP contribution in [0.4, 0.5) is 5.82 Å². The largest absolute Gasteiger partial charge is 0.292 e. The molecule has 2 aromatic rings. The summed E-state index contributed by atoms with van der Waals surface area (Å²) in [7, 11) is 0. The first-order chi connectivity index (χ1) is 10.7. The van der Waals surface area contributed by atoms with Crippen LogP contribution in [0.2, 0.25) is 0 Å². The fraction of sp³-hybridized carbons (Fsp3) is 0.389. The number of carbonyl (C=O) groups excluding carboxylic acids is 1. The minimum atomic E-state index is 0.150. The van der Waals surface area contributed by atoms with Crippen molar-refractivity contribution in [2.24, 2.45) is 0 Å². The normalized spacial score (nSPS) is 14.1. The smallest absolute Gasteiger partial charge is 0.228 e. The summed E-state index contributed by atoms with van der Waals surface area (Å²) in [4.78, 5) is 23.5. The Morgan fingerprint density at radius 2 is 1.91 bits per heavy atom. The Bertz CT molecular complexity index is 682. The van der Waals surface area contributed by atoms with Crippen molar-refractivity contribution in [3.63, 3.8) is 0 Å². The maximum Gasteiger partial charge on any atom is 0.228 e. The van der Waals surface area contributed by atoms with Crippen LogP contribution < -0.4 is 4.90 Å². The van der Waals surface area contributed by atoms with E-state index >= 15 is 0 Å². The molecule has 0 aliphatic carbocycles. The minimum absolute atomic E-state index is 0.150. The molecule has 114 valence electrons. The Morgan fingerprint density at radius 3 is 2.64 bits per heavy atom. The Kier molecular flexibility index (Phi) is 4.18. The fourth-order valence-corrected chi connectivity index (χ4v) is 2.90. The van der Waals surface area contributed by atoms with Crippen LogP contribution in [0.15, 0.2) is 30.3 Å². The highest BCUT2D eigenvalue weighted by Gasteiger charge is 2.27. The van der Waals surface area contributed by atoms with E-state index in [0.717, 1.165) is 47.7 Å². The SMILES string of the molecule is CCCc1nc(C)c2c(n1)N(Cc1ccccc1)C(=O)CC2. The molecule has 0 bridgehead atoms. The van der Waals surface area contributed by atoms with Crippen LogP contribution in [0.25, 0.3) is 0 Å². The van der Waals surface area contributed by atoms with Gasteiger partial charge in [-0.25, -0.2) is 9.97 Å². The molecule has 1 aliphatic rings. The number of amides is 1. The highest BCUT2D eigenvalue weighted by molar-refractivity contribution is 5.95. The molecule has 0 radical (unpaired) electrons. The highest BCUT2D eigenvalue weighted by atomic mass is 16.2. The highest BCUT2D eigenvalue weighted by Crippen LogP contribution is 2.29. The summed E-state index contributed by atoms with van der Waals surface area (Å²) >= 11 is 0. The van der Waals surface area contributed by atoms with Gasteiger partial charge in [-0.3, -0.25) is 9.69 Å². The van der Waals surface area contributed by atoms with Crippen molar-refractivity contribution in [3.8, 4) is 0 Å². The van der Waals surface area contributed by atoms with Crippen LogP contribution in [0.3, 0.4) is 0 Å². The van der Waals surface area contributed by atoms with Crippen molar-refractivity contribution in [1.82, 2.24) is 9.97 Å². The van der Waals surface area contributed by atoms with Crippen molar-refractivity contribution in [1.29, 1.82) is 0 Å². The van der Waals surface area contributed by atoms with Gasteiger partial charge in [0, 0.05) is 24.1 Å². The zero-order chi connectivity index (χ0) is 15.5. The van der Waals surface area contributed by atoms with Gasteiger partial charge in [-0.2, -0.15) is 0 Å². The lowest BCUT2D eigenvalue weighted by Gasteiger charge is -2.29. The maximum atomic E-state index is 12.4. The maximum absolute atomic E-state index is 12.4. The number of nitrogens with zero attached hydrogens (tertiary/aromatic N) is 3. The third kappa shape index (κ3) is 2.86. The molecule has 0 atom stereocenters. The standard InChI is InChI=1S/C18H21N3O/c1-3-7-16-19-13(2)15-10-11-17(22)21(18(15)20-16)12-14-8-5-4-6-9-14/h4-6,8-9H,3,7,10-12H2,1-2H3. The van der Waals surface area contributed by atoms with Crippen LogP contribution >= 0.6 is 0 Å². The number of fused-ring (bicyclic) bond motifs is 1. The summed E-state index contributed by atoms with van der Waals surface area (Å²) < 4.78 is 0. The Hall–Kier alpha value is -2.23. The minimum Gasteiger partial charge on any atom is -0.292 e. The van der Waals surface area contributed by atoms with E-state index in [1.54, 1.807) is 0 Å². The average molecular weight is 295 g/mol. The predicted molar refractivity (Wildman–Crippen MR) is 86.7 cm³/mol. The summed E-state index contributed by atoms with van der Waals surface area (Å²) in [5.74, 6) is 1.81. The Balaban J connectivity index is 1.99. The van der Waals surface area contributed by atoms with E-state index in [0.29, 0.717) is 13.0 Å². The molecule has 0 unspecified atom stereocenters. The molecule has 0 fully saturated rings. The van der Waals surface area contributed by atoms with Crippen molar-refractivity contribution >= 4 is 11.7 Å². The number of rotatable bonds is 4. The molecule has 3 rings (SSSR count). The van der Waals surface area contributed by atoms with Crippen LogP contribution in [0.5, 0.6) is 0 Å². The van der Waals surface area contributed by atoms with Gasteiger partial charge in [0.1, 0.15) is 11.6 Å². The van der Waals surface area contributed by atoms with Gasteiger partial charge in [-0.1, -0.05) is 37.3 Å². The number of benzene rings is 1. The Labute approximate surface area is 131 Å². The molecule has 0 N–H and O–H groups in total. The summed E-state index contributed by atoms with van der Waals surface area (Å²) in [5.41, 5.74) is 3.26. The number of aryl methyl sites for hydroxylation is 2. The molecule has 4 nitrogen and oxygen atoms in total. The quantitative estimate of drug-likeness (QED) is 0.870. The topological polar surface area (TPSA) is 46.1 Å². The first kappa shape index (κ1) is 14.7. The zero-order valence-electron chi connectivity index (χ0n) is 13.2. The van der Waals surface area contributed by atoms with E-state index < -0.39 is 0 Å². The summed E-state index contributed by atoms with van der Waals surface area (Å²) in [6.45, 7) is 4.72. The van der Waals surface area contributed by atoms with Gasteiger partial charge in [0.05, 0.1) is 6.54 Å². The number of aromatic nitrogens is 2. The van der Waals surface area contributed by atoms with Crippen molar-refractivity contribution in [2.45, 2.75) is 46.1 Å². The monoisotopic (exact) mass is 295 g/mol. The molecular weight excluding hydrogens is 274 g/mol. The first-order valence-electron chi connectivity index (χ1n) is 7.89. The molecule has 1 aliphatic heterocycles. The number of hydrogen-bond acceptors (Lipinski definition) is 3. The van der Waals surface area contributed by atoms with Gasteiger partial charge in [0.15, 0.2) is 0 Å². The first-order valence-corrected chi connectivity index (χ1v) is 7.89. The molecular formula is C18H21N3O. The summed E-state index contributed by atoms with van der Waals surface area (Å²) in [5, 5.41) is 0. The molecule has 1 aromatic carbocycles. The molecule has 0 spiro atoms. The Morgan fingerprint density at radius 1 is 1.14 bits per heavy atom. The molecule has 0 saturated carbocycles. The molecule has 2 heterocycles. The lowest BCUT2D eigenvalue weighted by Crippen LogP contribution is -2.36. The average Bonchev–Trinajstić information content (AvgIpc) is 2.51. The number of anilines is 1. The van der Waals surface area contributed by atoms with Gasteiger partial charge >= 0.3 is 0 Å². The van der Waals surface area contributed by atoms with Crippen LogP contribution in [-0.4, -0.2) is 15.9 Å². The van der Waals surface area contributed by atoms with Gasteiger partial charge in [0.2, 0.25) is 5.91 Å². The molecule has 4 heteroatoms. The van der Waals surface area contributed by atoms with E-state index in [-0.39, 0.29) is 5.91 Å². The third-order valence-corrected chi connectivity index (χ3v) is 4.04. The van der Waals surface area contributed by atoms with E-state index in [9.17, 15) is 4.79 Å². The van der Waals surface area contributed by atoms with E-state index in [1.165, 1.54) is 0 Å². The van der Waals surface area contributed by atoms with Crippen molar-refractivity contribution in [3.05, 3.63) is 53.0 Å². The van der Waals surface area contributed by atoms with Crippen LogP contribution in [0.1, 0.15) is 42.4 Å². The fourth-order valence-electron chi connectivity index (χ4n) is 2.90. The number of hydrogen-bond donors (Lipinski definition) is 0. The molecule has 1 amide bonds. The molecule has 0 saturated heterocycles. The van der Waals surface area contributed by atoms with E-state index in [1.807, 2.05) is 42.2 Å². The van der Waals surface area contributed by atoms with Gasteiger partial charge in [-0.15, -0.1) is 0 Å². The summed E-state index contributed by atoms with van der Waals surface area (Å²) in [6.07, 6.45) is 3.14. The molecule has 22 heavy (non-hydrogen) atoms. The second-order valence-corrected chi connectivity index (χ2v) is 5.74. The van der Waals surface area contributed by atoms with Crippen LogP contribution in [-0.2, 0) is 24.2 Å². The predicted octanol–water partition coefficient (Wildman–Crippen LogP) is 3.22. The van der Waals surface area contributed by atoms with E-state index in [4.69, 9.17) is 0 Å². The zero-order valence-corrected chi connectivity index (χ0v) is 13.2. The van der Waals surface area contributed by atoms with Crippen molar-refractivity contribution in [2.75, 3.05) is 4.90 Å². The van der Waals surface area contributed by atoms with Gasteiger partial charge < -0.3 is 0 Å². The van der Waals surface area contributed by atoms with Gasteiger partial charge in [-0.05, 0) is 25.3 Å². The second-order valence-electron chi connectivity index (χ2n) is 5.74.